The van der Waals surface area contributed by atoms with Gasteiger partial charge < -0.3 is 24.8 Å². The Kier molecular flexibility index (Phi) is 22.3. The van der Waals surface area contributed by atoms with Gasteiger partial charge in [0.2, 0.25) is 0 Å². The largest absolute Gasteiger partial charge is 1.00 e. The first-order chi connectivity index (χ1) is 19.3. The molecule has 2 unspecified atom stereocenters. The summed E-state index contributed by atoms with van der Waals surface area (Å²) in [6, 6.07) is 11.2. The molecule has 0 saturated heterocycles. The van der Waals surface area contributed by atoms with Crippen molar-refractivity contribution in [2.24, 2.45) is 0 Å². The molecule has 2 aromatic rings. The van der Waals surface area contributed by atoms with Crippen molar-refractivity contribution in [1.29, 1.82) is 0 Å². The Labute approximate surface area is 287 Å². The van der Waals surface area contributed by atoms with E-state index in [0.717, 1.165) is 12.8 Å². The van der Waals surface area contributed by atoms with Gasteiger partial charge >= 0.3 is 79.8 Å². The molecule has 232 valence electrons. The predicted molar refractivity (Wildman–Crippen MR) is 175 cm³/mol. The first-order valence-corrected chi connectivity index (χ1v) is 17.5. The maximum Gasteiger partial charge on any atom is -0.109 e. The first-order valence-electron chi connectivity index (χ1n) is 16.2. The zero-order valence-corrected chi connectivity index (χ0v) is 31.8. The van der Waals surface area contributed by atoms with Crippen LogP contribution in [0.4, 0.5) is 0 Å². The Balaban J connectivity index is 0.000000822. The third kappa shape index (κ3) is 13.1. The number of allylic oxidation sites excluding steroid dienone is 4. The summed E-state index contributed by atoms with van der Waals surface area (Å²) < 4.78 is 1.79. The summed E-state index contributed by atoms with van der Waals surface area (Å²) in [5.41, 5.74) is 11.7. The number of halogens is 2. The fourth-order valence-electron chi connectivity index (χ4n) is 5.93. The van der Waals surface area contributed by atoms with Crippen LogP contribution in [0.3, 0.4) is 0 Å². The van der Waals surface area contributed by atoms with E-state index in [9.17, 15) is 0 Å². The molecule has 2 aromatic carbocycles. The van der Waals surface area contributed by atoms with Gasteiger partial charge in [-0.2, -0.15) is 23.8 Å². The first kappa shape index (κ1) is 41.3. The van der Waals surface area contributed by atoms with Crippen molar-refractivity contribution in [3.63, 3.8) is 0 Å². The van der Waals surface area contributed by atoms with E-state index >= 15 is 0 Å². The van der Waals surface area contributed by atoms with Crippen LogP contribution in [-0.4, -0.2) is 3.21 Å². The monoisotopic (exact) mass is 684 g/mol. The molecule has 3 heteroatoms. The standard InChI is InChI=1S/C25H33.C9H18.C5H5.2ClH.Zr/c1-7-9-16(3)22-14-24-20(11-18(22)5)13-21-12-19(6)23(15-25(21)24)17(4)10-8-2;1-3-5-7-9-8-6-4-2;1-2-4-5-3-1;;;/h11,14-17H,7-10,13H2,1-6H3;3-8H2,1-2H3;1-3H,4H2;2*1H;/q-1;;-1;;;+2/p-2. The van der Waals surface area contributed by atoms with Crippen LogP contribution in [-0.2, 0) is 30.7 Å². The molecule has 2 aliphatic rings. The number of unbranched alkanes of at least 4 members (excludes halogenated alkanes) is 2. The van der Waals surface area contributed by atoms with E-state index < -0.39 is 0 Å². The van der Waals surface area contributed by atoms with Crippen LogP contribution in [0.2, 0.25) is 0 Å². The van der Waals surface area contributed by atoms with Crippen molar-refractivity contribution < 1.29 is 49.0 Å². The number of fused-ring (bicyclic) bond motifs is 3. The second-order valence-corrected chi connectivity index (χ2v) is 13.7. The van der Waals surface area contributed by atoms with Crippen LogP contribution in [0.25, 0.3) is 11.1 Å². The third-order valence-corrected chi connectivity index (χ3v) is 9.53. The van der Waals surface area contributed by atoms with Gasteiger partial charge in [0.25, 0.3) is 0 Å². The molecular weight excluding hydrogens is 631 g/mol. The van der Waals surface area contributed by atoms with Gasteiger partial charge in [0.1, 0.15) is 0 Å². The molecule has 0 spiro atoms. The number of hydrogen-bond donors (Lipinski definition) is 0. The molecule has 0 heterocycles. The van der Waals surface area contributed by atoms with Crippen molar-refractivity contribution in [1.82, 2.24) is 0 Å². The van der Waals surface area contributed by atoms with Crippen molar-refractivity contribution >= 4 is 3.21 Å². The zero-order chi connectivity index (χ0) is 29.5. The average molecular weight is 687 g/mol. The van der Waals surface area contributed by atoms with Gasteiger partial charge in [0, 0.05) is 0 Å². The molecule has 0 bridgehead atoms. The molecule has 0 aliphatic heterocycles. The van der Waals surface area contributed by atoms with Crippen LogP contribution in [0, 0.1) is 26.0 Å². The molecule has 0 saturated carbocycles. The van der Waals surface area contributed by atoms with Crippen molar-refractivity contribution in [2.45, 2.75) is 144 Å². The van der Waals surface area contributed by atoms with Gasteiger partial charge in [0.15, 0.2) is 0 Å². The zero-order valence-electron chi connectivity index (χ0n) is 27.9. The van der Waals surface area contributed by atoms with Crippen LogP contribution in [0.5, 0.6) is 0 Å². The van der Waals surface area contributed by atoms with E-state index in [1.165, 1.54) is 109 Å². The van der Waals surface area contributed by atoms with E-state index in [0.29, 0.717) is 11.8 Å². The molecule has 0 radical (unpaired) electrons. The summed E-state index contributed by atoms with van der Waals surface area (Å²) in [5.74, 6) is 1.27. The Morgan fingerprint density at radius 2 is 1.38 bits per heavy atom. The van der Waals surface area contributed by atoms with E-state index in [-0.39, 0.29) is 24.8 Å². The quantitative estimate of drug-likeness (QED) is 0.209. The van der Waals surface area contributed by atoms with Gasteiger partial charge in [-0.3, -0.25) is 6.08 Å². The summed E-state index contributed by atoms with van der Waals surface area (Å²) >= 11 is 1.67. The molecule has 0 nitrogen and oxygen atoms in total. The van der Waals surface area contributed by atoms with E-state index in [2.05, 4.69) is 91.8 Å². The van der Waals surface area contributed by atoms with Crippen molar-refractivity contribution in [2.75, 3.05) is 0 Å². The second-order valence-electron chi connectivity index (χ2n) is 12.0. The number of aryl methyl sites for hydroxylation is 2. The number of rotatable bonds is 12. The molecule has 4 rings (SSSR count). The van der Waals surface area contributed by atoms with Crippen LogP contribution in [0.15, 0.2) is 36.4 Å². The van der Waals surface area contributed by atoms with Crippen LogP contribution in [0.1, 0.15) is 157 Å². The topological polar surface area (TPSA) is 0 Å². The molecule has 0 aromatic heterocycles. The Morgan fingerprint density at radius 1 is 0.810 bits per heavy atom. The minimum atomic E-state index is 0. The minimum Gasteiger partial charge on any atom is -1.00 e. The summed E-state index contributed by atoms with van der Waals surface area (Å²) in [4.78, 5) is 0. The normalized spacial score (nSPS) is 13.4. The molecule has 42 heavy (non-hydrogen) atoms. The second kappa shape index (κ2) is 22.7. The van der Waals surface area contributed by atoms with Gasteiger partial charge in [-0.25, -0.2) is 12.2 Å². The van der Waals surface area contributed by atoms with Gasteiger partial charge in [-0.05, 0) is 42.4 Å². The summed E-state index contributed by atoms with van der Waals surface area (Å²) in [5, 5.41) is 0. The van der Waals surface area contributed by atoms with Crippen molar-refractivity contribution in [3.8, 4) is 11.1 Å². The number of hydrogen-bond acceptors (Lipinski definition) is 0. The van der Waals surface area contributed by atoms with Gasteiger partial charge in [0.05, 0.1) is 0 Å². The molecule has 0 fully saturated rings. The molecule has 0 N–H and O–H groups in total. The Bertz CT molecular complexity index is 1040. The molecular formula is C39H56Cl2Zr-2. The predicted octanol–water partition coefficient (Wildman–Crippen LogP) is 5.88. The molecule has 2 aliphatic carbocycles. The molecule has 2 atom stereocenters. The SMILES string of the molecule is CCCC(C)c1cc2c([c-]c1C)Cc1cc(C)c(C(C)CCC)cc1-2.CCCC[C](=[Zr+2])CCCC.[C-]1=CC=CC1.[Cl-].[Cl-]. The van der Waals surface area contributed by atoms with E-state index in [1.54, 1.807) is 27.4 Å². The summed E-state index contributed by atoms with van der Waals surface area (Å²) in [6.45, 7) is 18.4. The van der Waals surface area contributed by atoms with Crippen LogP contribution < -0.4 is 24.8 Å². The molecule has 0 amide bonds. The van der Waals surface area contributed by atoms with Gasteiger partial charge in [-0.15, -0.1) is 23.1 Å². The minimum absolute atomic E-state index is 0. The summed E-state index contributed by atoms with van der Waals surface area (Å²) in [6.07, 6.45) is 24.4. The third-order valence-electron chi connectivity index (χ3n) is 8.30. The van der Waals surface area contributed by atoms with Gasteiger partial charge in [-0.1, -0.05) is 77.5 Å². The fraction of sp³-hybridized carbons (Fsp3) is 0.564. The number of benzene rings is 2. The smallest absolute Gasteiger partial charge is 0.109 e. The average Bonchev–Trinajstić information content (AvgIpc) is 3.62. The Morgan fingerprint density at radius 3 is 1.86 bits per heavy atom. The van der Waals surface area contributed by atoms with E-state index in [1.807, 2.05) is 12.2 Å². The van der Waals surface area contributed by atoms with E-state index in [4.69, 9.17) is 0 Å². The summed E-state index contributed by atoms with van der Waals surface area (Å²) in [7, 11) is 0. The van der Waals surface area contributed by atoms with Crippen molar-refractivity contribution in [3.05, 3.63) is 82.0 Å². The fourth-order valence-corrected chi connectivity index (χ4v) is 6.80. The maximum absolute atomic E-state index is 3.74. The Hall–Kier alpha value is -0.747. The maximum atomic E-state index is 3.74. The van der Waals surface area contributed by atoms with Crippen LogP contribution >= 0.6 is 0 Å².